The summed E-state index contributed by atoms with van der Waals surface area (Å²) in [5.41, 5.74) is -0.642. The zero-order valence-corrected chi connectivity index (χ0v) is 12.0. The van der Waals surface area contributed by atoms with Crippen molar-refractivity contribution < 1.29 is 14.6 Å². The predicted octanol–water partition coefficient (Wildman–Crippen LogP) is 2.32. The lowest BCUT2D eigenvalue weighted by Crippen LogP contribution is -2.36. The summed E-state index contributed by atoms with van der Waals surface area (Å²) in [6.45, 7) is 2.19. The Balaban J connectivity index is 2.22. The number of benzene rings is 1. The molecule has 2 N–H and O–H groups in total. The highest BCUT2D eigenvalue weighted by Gasteiger charge is 2.49. The first-order chi connectivity index (χ1) is 10.1. The summed E-state index contributed by atoms with van der Waals surface area (Å²) in [7, 11) is 0. The number of hydrogen-bond acceptors (Lipinski definition) is 4. The van der Waals surface area contributed by atoms with Crippen molar-refractivity contribution in [2.75, 3.05) is 11.9 Å². The third-order valence-electron chi connectivity index (χ3n) is 3.39. The summed E-state index contributed by atoms with van der Waals surface area (Å²) >= 11 is 5.99. The van der Waals surface area contributed by atoms with Crippen molar-refractivity contribution in [1.82, 2.24) is 4.98 Å². The Morgan fingerprint density at radius 2 is 2.19 bits per heavy atom. The number of anilines is 1. The number of fused-ring (bicyclic) bond motifs is 1. The van der Waals surface area contributed by atoms with E-state index in [0.717, 1.165) is 0 Å². The van der Waals surface area contributed by atoms with Gasteiger partial charge in [-0.1, -0.05) is 11.6 Å². The Hall–Kier alpha value is -2.11. The molecule has 2 heterocycles. The number of carbonyl (C=O) groups is 1. The van der Waals surface area contributed by atoms with E-state index in [9.17, 15) is 9.90 Å². The number of hydrogen-bond donors (Lipinski definition) is 2. The van der Waals surface area contributed by atoms with Gasteiger partial charge in [-0.05, 0) is 37.3 Å². The molecule has 1 aromatic carbocycles. The van der Waals surface area contributed by atoms with Crippen molar-refractivity contribution in [3.8, 4) is 5.88 Å². The van der Waals surface area contributed by atoms with Gasteiger partial charge in [-0.15, -0.1) is 0 Å². The first-order valence-corrected chi connectivity index (χ1v) is 6.87. The number of pyridine rings is 1. The summed E-state index contributed by atoms with van der Waals surface area (Å²) in [5, 5.41) is 14.1. The van der Waals surface area contributed by atoms with E-state index in [0.29, 0.717) is 28.4 Å². The van der Waals surface area contributed by atoms with Crippen LogP contribution in [0.4, 0.5) is 5.69 Å². The van der Waals surface area contributed by atoms with E-state index in [1.54, 1.807) is 36.5 Å². The van der Waals surface area contributed by atoms with Gasteiger partial charge in [0.1, 0.15) is 0 Å². The molecule has 2 aromatic rings. The van der Waals surface area contributed by atoms with Gasteiger partial charge in [0.15, 0.2) is 0 Å². The number of aliphatic hydroxyl groups is 1. The van der Waals surface area contributed by atoms with Gasteiger partial charge in [0.2, 0.25) is 11.5 Å². The molecule has 0 saturated heterocycles. The molecule has 0 aliphatic carbocycles. The molecular formula is C15H13ClN2O3. The van der Waals surface area contributed by atoms with Gasteiger partial charge >= 0.3 is 0 Å². The van der Waals surface area contributed by atoms with E-state index in [4.69, 9.17) is 16.3 Å². The molecule has 0 radical (unpaired) electrons. The Labute approximate surface area is 126 Å². The fourth-order valence-electron chi connectivity index (χ4n) is 2.45. The monoisotopic (exact) mass is 304 g/mol. The Morgan fingerprint density at radius 1 is 1.38 bits per heavy atom. The molecule has 1 aliphatic rings. The van der Waals surface area contributed by atoms with Gasteiger partial charge in [-0.2, -0.15) is 0 Å². The van der Waals surface area contributed by atoms with Crippen LogP contribution in [0.2, 0.25) is 5.02 Å². The second-order valence-electron chi connectivity index (χ2n) is 4.64. The van der Waals surface area contributed by atoms with Crippen LogP contribution in [0.15, 0.2) is 36.5 Å². The molecule has 1 aromatic heterocycles. The maximum absolute atomic E-state index is 12.3. The molecule has 3 rings (SSSR count). The first kappa shape index (κ1) is 13.9. The van der Waals surface area contributed by atoms with Crippen LogP contribution < -0.4 is 10.1 Å². The van der Waals surface area contributed by atoms with E-state index in [-0.39, 0.29) is 5.88 Å². The topological polar surface area (TPSA) is 71.5 Å². The second-order valence-corrected chi connectivity index (χ2v) is 5.08. The smallest absolute Gasteiger partial charge is 0.266 e. The lowest BCUT2D eigenvalue weighted by Gasteiger charge is -2.23. The van der Waals surface area contributed by atoms with Gasteiger partial charge in [-0.3, -0.25) is 4.79 Å². The van der Waals surface area contributed by atoms with Gasteiger partial charge < -0.3 is 15.2 Å². The highest BCUT2D eigenvalue weighted by atomic mass is 35.5. The molecule has 0 bridgehead atoms. The van der Waals surface area contributed by atoms with Crippen molar-refractivity contribution in [3.63, 3.8) is 0 Å². The van der Waals surface area contributed by atoms with E-state index < -0.39 is 11.5 Å². The Kier molecular flexibility index (Phi) is 3.31. The SMILES string of the molecule is CCOc1ncccc1C1(O)C(=O)Nc2ccc(Cl)cc21. The van der Waals surface area contributed by atoms with Crippen LogP contribution in [0.3, 0.4) is 0 Å². The molecule has 0 fully saturated rings. The number of amides is 1. The standard InChI is InChI=1S/C15H13ClN2O3/c1-2-21-13-10(4-3-7-17-13)15(20)11-8-9(16)5-6-12(11)18-14(15)19/h3-8,20H,2H2,1H3,(H,18,19). The molecule has 1 unspecified atom stereocenters. The number of ether oxygens (including phenoxy) is 1. The lowest BCUT2D eigenvalue weighted by atomic mass is 9.88. The molecule has 0 saturated carbocycles. The third kappa shape index (κ3) is 2.05. The van der Waals surface area contributed by atoms with Crippen molar-refractivity contribution in [1.29, 1.82) is 0 Å². The molecular weight excluding hydrogens is 292 g/mol. The van der Waals surface area contributed by atoms with Gasteiger partial charge in [0.05, 0.1) is 12.2 Å². The maximum atomic E-state index is 12.3. The van der Waals surface area contributed by atoms with Crippen molar-refractivity contribution in [3.05, 3.63) is 52.7 Å². The first-order valence-electron chi connectivity index (χ1n) is 6.49. The van der Waals surface area contributed by atoms with Crippen LogP contribution in [0.1, 0.15) is 18.1 Å². The Bertz CT molecular complexity index is 720. The van der Waals surface area contributed by atoms with Gasteiger partial charge in [0.25, 0.3) is 5.91 Å². The minimum atomic E-state index is -1.86. The predicted molar refractivity (Wildman–Crippen MR) is 78.5 cm³/mol. The molecule has 1 aliphatic heterocycles. The molecule has 5 nitrogen and oxygen atoms in total. The van der Waals surface area contributed by atoms with Crippen molar-refractivity contribution >= 4 is 23.2 Å². The van der Waals surface area contributed by atoms with Crippen LogP contribution in [-0.2, 0) is 10.4 Å². The van der Waals surface area contributed by atoms with Crippen LogP contribution in [0.5, 0.6) is 5.88 Å². The molecule has 21 heavy (non-hydrogen) atoms. The molecule has 1 atom stereocenters. The fourth-order valence-corrected chi connectivity index (χ4v) is 2.62. The van der Waals surface area contributed by atoms with Crippen LogP contribution >= 0.6 is 11.6 Å². The highest BCUT2D eigenvalue weighted by molar-refractivity contribution is 6.31. The summed E-state index contributed by atoms with van der Waals surface area (Å²) < 4.78 is 5.42. The Morgan fingerprint density at radius 3 is 2.95 bits per heavy atom. The fraction of sp³-hybridized carbons (Fsp3) is 0.200. The minimum Gasteiger partial charge on any atom is -0.478 e. The normalized spacial score (nSPS) is 20.0. The van der Waals surface area contributed by atoms with E-state index in [2.05, 4.69) is 10.3 Å². The second kappa shape index (κ2) is 5.02. The summed E-state index contributed by atoms with van der Waals surface area (Å²) in [6, 6.07) is 8.14. The zero-order chi connectivity index (χ0) is 15.0. The average molecular weight is 305 g/mol. The number of nitrogens with zero attached hydrogens (tertiary/aromatic N) is 1. The van der Waals surface area contributed by atoms with Crippen LogP contribution in [-0.4, -0.2) is 22.6 Å². The van der Waals surface area contributed by atoms with E-state index in [1.807, 2.05) is 6.92 Å². The van der Waals surface area contributed by atoms with Crippen LogP contribution in [0, 0.1) is 0 Å². The quantitative estimate of drug-likeness (QED) is 0.913. The number of aromatic nitrogens is 1. The number of nitrogens with one attached hydrogen (secondary N) is 1. The molecule has 0 spiro atoms. The number of carbonyl (C=O) groups excluding carboxylic acids is 1. The number of halogens is 1. The van der Waals surface area contributed by atoms with Crippen molar-refractivity contribution in [2.45, 2.75) is 12.5 Å². The van der Waals surface area contributed by atoms with Gasteiger partial charge in [-0.25, -0.2) is 4.98 Å². The lowest BCUT2D eigenvalue weighted by molar-refractivity contribution is -0.129. The van der Waals surface area contributed by atoms with E-state index in [1.165, 1.54) is 0 Å². The molecule has 108 valence electrons. The third-order valence-corrected chi connectivity index (χ3v) is 3.63. The molecule has 6 heteroatoms. The summed E-state index contributed by atoms with van der Waals surface area (Å²) in [4.78, 5) is 16.4. The van der Waals surface area contributed by atoms with E-state index >= 15 is 0 Å². The number of rotatable bonds is 3. The largest absolute Gasteiger partial charge is 0.478 e. The zero-order valence-electron chi connectivity index (χ0n) is 11.3. The average Bonchev–Trinajstić information content (AvgIpc) is 2.73. The summed E-state index contributed by atoms with van der Waals surface area (Å²) in [6.07, 6.45) is 1.55. The summed E-state index contributed by atoms with van der Waals surface area (Å²) in [5.74, 6) is -0.320. The van der Waals surface area contributed by atoms with Gasteiger partial charge in [0, 0.05) is 22.5 Å². The molecule has 1 amide bonds. The maximum Gasteiger partial charge on any atom is 0.266 e. The van der Waals surface area contributed by atoms with Crippen molar-refractivity contribution in [2.24, 2.45) is 0 Å². The van der Waals surface area contributed by atoms with Crippen LogP contribution in [0.25, 0.3) is 0 Å². The minimum absolute atomic E-state index is 0.227. The highest BCUT2D eigenvalue weighted by Crippen LogP contribution is 2.44.